The van der Waals surface area contributed by atoms with E-state index in [1.807, 2.05) is 24.4 Å². The van der Waals surface area contributed by atoms with Gasteiger partial charge in [-0.2, -0.15) is 0 Å². The molecule has 2 N–H and O–H groups in total. The number of hydrogen-bond donors (Lipinski definition) is 2. The van der Waals surface area contributed by atoms with Crippen molar-refractivity contribution in [1.29, 1.82) is 0 Å². The van der Waals surface area contributed by atoms with Crippen molar-refractivity contribution in [2.24, 2.45) is 0 Å². The molecule has 0 unspecified atom stereocenters. The van der Waals surface area contributed by atoms with Crippen LogP contribution in [0.5, 0.6) is 0 Å². The smallest absolute Gasteiger partial charge is 0.170 e. The summed E-state index contributed by atoms with van der Waals surface area (Å²) in [5.74, 6) is 0. The summed E-state index contributed by atoms with van der Waals surface area (Å²) >= 11 is 5.60. The Hall–Kier alpha value is -1.92. The Morgan fingerprint density at radius 1 is 1.15 bits per heavy atom. The molecule has 0 spiro atoms. The van der Waals surface area contributed by atoms with E-state index in [1.54, 1.807) is 0 Å². The second-order valence-electron chi connectivity index (χ2n) is 7.18. The summed E-state index contributed by atoms with van der Waals surface area (Å²) in [5, 5.41) is 13.7. The van der Waals surface area contributed by atoms with Gasteiger partial charge in [-0.05, 0) is 49.3 Å². The highest BCUT2D eigenvalue weighted by molar-refractivity contribution is 7.80. The zero-order valence-electron chi connectivity index (χ0n) is 14.9. The van der Waals surface area contributed by atoms with Gasteiger partial charge in [-0.15, -0.1) is 0 Å². The first-order chi connectivity index (χ1) is 12.8. The number of aliphatic hydroxyl groups excluding tert-OH is 1. The number of rotatable bonds is 5. The normalized spacial score (nSPS) is 24.0. The minimum Gasteiger partial charge on any atom is -0.395 e. The third-order valence-electron chi connectivity index (χ3n) is 5.62. The maximum absolute atomic E-state index is 9.58. The quantitative estimate of drug-likeness (QED) is 0.791. The highest BCUT2D eigenvalue weighted by Gasteiger charge is 2.41. The summed E-state index contributed by atoms with van der Waals surface area (Å²) in [5.41, 5.74) is 2.24. The van der Waals surface area contributed by atoms with Gasteiger partial charge in [0.25, 0.3) is 0 Å². The average Bonchev–Trinajstić information content (AvgIpc) is 3.28. The van der Waals surface area contributed by atoms with Crippen LogP contribution in [0.25, 0.3) is 0 Å². The molecule has 2 aliphatic rings. The van der Waals surface area contributed by atoms with Crippen LogP contribution in [0.3, 0.4) is 0 Å². The lowest BCUT2D eigenvalue weighted by molar-refractivity contribution is 0.214. The second kappa shape index (κ2) is 7.76. The van der Waals surface area contributed by atoms with Gasteiger partial charge in [0.05, 0.1) is 24.4 Å². The molecule has 0 radical (unpaired) electrons. The summed E-state index contributed by atoms with van der Waals surface area (Å²) in [7, 11) is 0. The van der Waals surface area contributed by atoms with E-state index >= 15 is 0 Å². The lowest BCUT2D eigenvalue weighted by Gasteiger charge is -2.32. The molecule has 1 saturated heterocycles. The van der Waals surface area contributed by atoms with E-state index in [4.69, 9.17) is 12.2 Å². The predicted octanol–water partition coefficient (Wildman–Crippen LogP) is 3.35. The van der Waals surface area contributed by atoms with Crippen LogP contribution in [-0.2, 0) is 0 Å². The summed E-state index contributed by atoms with van der Waals surface area (Å²) in [6.45, 7) is 0.604. The monoisotopic (exact) mass is 370 g/mol. The van der Waals surface area contributed by atoms with Crippen molar-refractivity contribution < 1.29 is 5.11 Å². The van der Waals surface area contributed by atoms with Crippen LogP contribution in [0.15, 0.2) is 42.7 Å². The van der Waals surface area contributed by atoms with Crippen molar-refractivity contribution in [2.75, 3.05) is 13.2 Å². The molecule has 26 heavy (non-hydrogen) atoms. The van der Waals surface area contributed by atoms with Gasteiger partial charge in [-0.25, -0.2) is 0 Å². The molecule has 3 heterocycles. The van der Waals surface area contributed by atoms with Crippen LogP contribution in [0, 0.1) is 0 Å². The molecule has 5 nitrogen and oxygen atoms in total. The van der Waals surface area contributed by atoms with E-state index in [2.05, 4.69) is 38.1 Å². The van der Waals surface area contributed by atoms with Crippen LogP contribution in [0.4, 0.5) is 0 Å². The van der Waals surface area contributed by atoms with Crippen molar-refractivity contribution in [2.45, 2.75) is 50.2 Å². The maximum Gasteiger partial charge on any atom is 0.170 e. The largest absolute Gasteiger partial charge is 0.395 e. The molecular formula is C20H26N4OS. The third kappa shape index (κ3) is 3.23. The van der Waals surface area contributed by atoms with E-state index in [-0.39, 0.29) is 18.7 Å². The number of aromatic nitrogens is 2. The van der Waals surface area contributed by atoms with Crippen molar-refractivity contribution in [3.63, 3.8) is 0 Å². The number of pyridine rings is 1. The highest BCUT2D eigenvalue weighted by Crippen LogP contribution is 2.40. The van der Waals surface area contributed by atoms with Crippen LogP contribution in [0.2, 0.25) is 0 Å². The Morgan fingerprint density at radius 3 is 2.73 bits per heavy atom. The predicted molar refractivity (Wildman–Crippen MR) is 106 cm³/mol. The first-order valence-electron chi connectivity index (χ1n) is 9.55. The minimum atomic E-state index is -0.00695. The van der Waals surface area contributed by atoms with Crippen LogP contribution in [-0.4, -0.2) is 37.8 Å². The molecule has 6 heteroatoms. The third-order valence-corrected chi connectivity index (χ3v) is 5.97. The molecule has 4 rings (SSSR count). The van der Waals surface area contributed by atoms with Gasteiger partial charge >= 0.3 is 0 Å². The van der Waals surface area contributed by atoms with Gasteiger partial charge in [0.1, 0.15) is 0 Å². The van der Waals surface area contributed by atoms with Crippen molar-refractivity contribution in [3.8, 4) is 0 Å². The van der Waals surface area contributed by atoms with Gasteiger partial charge in [0.15, 0.2) is 5.11 Å². The average molecular weight is 371 g/mol. The number of nitrogens with zero attached hydrogens (tertiary/aromatic N) is 3. The minimum absolute atomic E-state index is 0.00695. The fourth-order valence-electron chi connectivity index (χ4n) is 4.43. The molecule has 2 fully saturated rings. The van der Waals surface area contributed by atoms with E-state index in [9.17, 15) is 5.11 Å². The Morgan fingerprint density at radius 2 is 2.00 bits per heavy atom. The standard InChI is InChI=1S/C20H26N4OS/c25-14-13-24-19(18(22-20(24)26)16-9-4-5-11-21-16)17-10-6-12-23(17)15-7-2-1-3-8-15/h4-6,9-12,15,18-19,25H,1-3,7-8,13-14H2,(H,22,26)/t18-,19+/m0/s1. The SMILES string of the molecule is OCCN1C(=S)N[C@@H](c2ccccn2)[C@H]1c1cccn1C1CCCCC1. The molecule has 0 amide bonds. The van der Waals surface area contributed by atoms with Gasteiger partial charge in [0.2, 0.25) is 0 Å². The van der Waals surface area contributed by atoms with Gasteiger partial charge in [-0.1, -0.05) is 25.3 Å². The van der Waals surface area contributed by atoms with Crippen molar-refractivity contribution in [1.82, 2.24) is 19.8 Å². The lowest BCUT2D eigenvalue weighted by Crippen LogP contribution is -2.33. The summed E-state index contributed by atoms with van der Waals surface area (Å²) in [4.78, 5) is 6.69. The van der Waals surface area contributed by atoms with Gasteiger partial charge in [-0.3, -0.25) is 4.98 Å². The molecule has 1 aliphatic carbocycles. The van der Waals surface area contributed by atoms with Gasteiger partial charge in [0, 0.05) is 30.7 Å². The highest BCUT2D eigenvalue weighted by atomic mass is 32.1. The summed E-state index contributed by atoms with van der Waals surface area (Å²) in [6, 6.07) is 10.9. The molecular weight excluding hydrogens is 344 g/mol. The van der Waals surface area contributed by atoms with E-state index in [0.29, 0.717) is 17.7 Å². The van der Waals surface area contributed by atoms with Gasteiger partial charge < -0.3 is 19.9 Å². The van der Waals surface area contributed by atoms with Crippen molar-refractivity contribution >= 4 is 17.3 Å². The molecule has 2 aromatic heterocycles. The number of thiocarbonyl (C=S) groups is 1. The Labute approximate surface area is 160 Å². The fourth-order valence-corrected chi connectivity index (χ4v) is 4.76. The Bertz CT molecular complexity index is 741. The van der Waals surface area contributed by atoms with E-state index in [1.165, 1.54) is 37.8 Å². The fraction of sp³-hybridized carbons (Fsp3) is 0.500. The first kappa shape index (κ1) is 17.5. The zero-order chi connectivity index (χ0) is 17.9. The maximum atomic E-state index is 9.58. The first-order valence-corrected chi connectivity index (χ1v) is 9.96. The molecule has 1 aliphatic heterocycles. The topological polar surface area (TPSA) is 53.3 Å². The molecule has 1 saturated carbocycles. The number of nitrogens with one attached hydrogen (secondary N) is 1. The Kier molecular flexibility index (Phi) is 5.22. The lowest BCUT2D eigenvalue weighted by atomic mass is 9.94. The van der Waals surface area contributed by atoms with Crippen LogP contribution >= 0.6 is 12.2 Å². The van der Waals surface area contributed by atoms with Crippen LogP contribution < -0.4 is 5.32 Å². The molecule has 138 valence electrons. The summed E-state index contributed by atoms with van der Waals surface area (Å²) in [6.07, 6.45) is 10.4. The van der Waals surface area contributed by atoms with E-state index < -0.39 is 0 Å². The second-order valence-corrected chi connectivity index (χ2v) is 7.56. The van der Waals surface area contributed by atoms with E-state index in [0.717, 1.165) is 5.69 Å². The summed E-state index contributed by atoms with van der Waals surface area (Å²) < 4.78 is 2.44. The van der Waals surface area contributed by atoms with Crippen LogP contribution in [0.1, 0.15) is 61.6 Å². The molecule has 0 aromatic carbocycles. The Balaban J connectivity index is 1.72. The molecule has 0 bridgehead atoms. The van der Waals surface area contributed by atoms with Crippen molar-refractivity contribution in [3.05, 3.63) is 54.1 Å². The number of β-amino-alcohol motifs (C(OH)–C–C–N with tert-alkyl or cyclic N) is 1. The molecule has 2 aromatic rings. The number of aliphatic hydroxyl groups is 1. The number of hydrogen-bond acceptors (Lipinski definition) is 3. The zero-order valence-corrected chi connectivity index (χ0v) is 15.7. The molecule has 2 atom stereocenters.